The molecular formula is C61H92O12. The average Bonchev–Trinajstić information content (AvgIpc) is 3.37. The number of hydrogen-bond donors (Lipinski definition) is 3. The maximum atomic E-state index is 13.1. The molecule has 6 atom stereocenters. The second-order valence-corrected chi connectivity index (χ2v) is 17.7. The number of aliphatic carboxylic acids is 1. The summed E-state index contributed by atoms with van der Waals surface area (Å²) in [6.07, 6.45) is 54.6. The molecule has 0 aromatic rings. The van der Waals surface area contributed by atoms with Gasteiger partial charge in [0.2, 0.25) is 0 Å². The number of esters is 3. The second-order valence-electron chi connectivity index (χ2n) is 17.7. The summed E-state index contributed by atoms with van der Waals surface area (Å²) in [5.41, 5.74) is 0. The van der Waals surface area contributed by atoms with Crippen molar-refractivity contribution in [2.45, 2.75) is 212 Å². The van der Waals surface area contributed by atoms with E-state index in [2.05, 4.69) is 124 Å². The minimum atomic E-state index is -1.94. The summed E-state index contributed by atoms with van der Waals surface area (Å²) in [5, 5.41) is 31.3. The molecule has 0 aliphatic carbocycles. The highest BCUT2D eigenvalue weighted by molar-refractivity contribution is 5.74. The molecule has 1 saturated heterocycles. The number of ether oxygens (including phenoxy) is 5. The number of carbonyl (C=O) groups excluding carboxylic acids is 3. The van der Waals surface area contributed by atoms with E-state index < -0.39 is 67.3 Å². The summed E-state index contributed by atoms with van der Waals surface area (Å²) in [6, 6.07) is 0. The molecule has 408 valence electrons. The first-order valence-corrected chi connectivity index (χ1v) is 27.2. The van der Waals surface area contributed by atoms with Gasteiger partial charge in [0.15, 0.2) is 24.6 Å². The van der Waals surface area contributed by atoms with Crippen LogP contribution in [0.4, 0.5) is 0 Å². The maximum absolute atomic E-state index is 13.1. The van der Waals surface area contributed by atoms with Crippen LogP contribution in [0.15, 0.2) is 134 Å². The van der Waals surface area contributed by atoms with E-state index in [0.717, 1.165) is 103 Å². The third-order valence-corrected chi connectivity index (χ3v) is 11.2. The van der Waals surface area contributed by atoms with Crippen LogP contribution in [0.25, 0.3) is 0 Å². The van der Waals surface area contributed by atoms with E-state index in [0.29, 0.717) is 32.1 Å². The molecule has 0 bridgehead atoms. The number of hydrogen-bond acceptors (Lipinski definition) is 11. The van der Waals surface area contributed by atoms with E-state index in [-0.39, 0.29) is 25.9 Å². The molecule has 0 spiro atoms. The van der Waals surface area contributed by atoms with E-state index in [1.165, 1.54) is 0 Å². The summed E-state index contributed by atoms with van der Waals surface area (Å²) in [7, 11) is 0. The lowest BCUT2D eigenvalue weighted by Crippen LogP contribution is -2.61. The first kappa shape index (κ1) is 65.9. The Morgan fingerprint density at radius 3 is 1.41 bits per heavy atom. The van der Waals surface area contributed by atoms with Crippen LogP contribution in [-0.4, -0.2) is 89.2 Å². The van der Waals surface area contributed by atoms with Gasteiger partial charge in [-0.2, -0.15) is 0 Å². The fraction of sp³-hybridized carbons (Fsp3) is 0.574. The highest BCUT2D eigenvalue weighted by Crippen LogP contribution is 2.26. The van der Waals surface area contributed by atoms with Gasteiger partial charge in [0.1, 0.15) is 18.8 Å². The van der Waals surface area contributed by atoms with Gasteiger partial charge in [-0.25, -0.2) is 4.79 Å². The van der Waals surface area contributed by atoms with Gasteiger partial charge in [-0.05, 0) is 109 Å². The van der Waals surface area contributed by atoms with Crippen molar-refractivity contribution in [3.05, 3.63) is 134 Å². The van der Waals surface area contributed by atoms with Crippen molar-refractivity contribution in [1.29, 1.82) is 0 Å². The van der Waals surface area contributed by atoms with Crippen molar-refractivity contribution in [2.24, 2.45) is 0 Å². The number of unbranched alkanes of at least 4 members (excludes halogenated alkanes) is 7. The number of allylic oxidation sites excluding steroid dienone is 22. The van der Waals surface area contributed by atoms with Crippen molar-refractivity contribution < 1.29 is 58.2 Å². The van der Waals surface area contributed by atoms with Crippen LogP contribution in [0, 0.1) is 0 Å². The summed E-state index contributed by atoms with van der Waals surface area (Å²) < 4.78 is 28.2. The fourth-order valence-corrected chi connectivity index (χ4v) is 7.10. The van der Waals surface area contributed by atoms with Crippen LogP contribution in [0.5, 0.6) is 0 Å². The molecule has 6 unspecified atom stereocenters. The normalized spacial score (nSPS) is 19.4. The van der Waals surface area contributed by atoms with Gasteiger partial charge in [-0.15, -0.1) is 0 Å². The Morgan fingerprint density at radius 2 is 0.904 bits per heavy atom. The van der Waals surface area contributed by atoms with Crippen molar-refractivity contribution >= 4 is 23.9 Å². The second kappa shape index (κ2) is 47.8. The zero-order valence-electron chi connectivity index (χ0n) is 44.6. The van der Waals surface area contributed by atoms with Crippen LogP contribution >= 0.6 is 0 Å². The summed E-state index contributed by atoms with van der Waals surface area (Å²) in [6.45, 7) is 5.56. The van der Waals surface area contributed by atoms with Gasteiger partial charge in [-0.1, -0.05) is 180 Å². The Kier molecular flexibility index (Phi) is 43.2. The molecule has 0 amide bonds. The minimum Gasteiger partial charge on any atom is -0.479 e. The number of carboxylic acid groups (broad SMARTS) is 1. The molecule has 12 heteroatoms. The molecule has 73 heavy (non-hydrogen) atoms. The molecule has 12 nitrogen and oxygen atoms in total. The molecule has 0 aromatic carbocycles. The number of carbonyl (C=O) groups is 4. The Hall–Kier alpha value is -5.14. The number of rotatable bonds is 43. The molecule has 1 rings (SSSR count). The first-order chi connectivity index (χ1) is 35.6. The van der Waals surface area contributed by atoms with Gasteiger partial charge in [0.05, 0.1) is 6.61 Å². The monoisotopic (exact) mass is 1020 g/mol. The lowest BCUT2D eigenvalue weighted by atomic mass is 9.98. The van der Waals surface area contributed by atoms with Crippen molar-refractivity contribution in [2.75, 3.05) is 13.2 Å². The average molecular weight is 1020 g/mol. The topological polar surface area (TPSA) is 175 Å². The van der Waals surface area contributed by atoms with E-state index >= 15 is 0 Å². The highest BCUT2D eigenvalue weighted by atomic mass is 16.7. The zero-order chi connectivity index (χ0) is 53.3. The van der Waals surface area contributed by atoms with Crippen molar-refractivity contribution in [3.63, 3.8) is 0 Å². The zero-order valence-corrected chi connectivity index (χ0v) is 44.6. The van der Waals surface area contributed by atoms with Gasteiger partial charge in [-0.3, -0.25) is 14.4 Å². The number of aliphatic hydroxyl groups excluding tert-OH is 2. The molecule has 0 radical (unpaired) electrons. The quantitative estimate of drug-likeness (QED) is 0.0228. The Labute approximate surface area is 439 Å². The van der Waals surface area contributed by atoms with Gasteiger partial charge >= 0.3 is 23.9 Å². The van der Waals surface area contributed by atoms with Gasteiger partial charge in [0, 0.05) is 19.3 Å². The molecule has 1 fully saturated rings. The number of carboxylic acids is 1. The smallest absolute Gasteiger partial charge is 0.335 e. The largest absolute Gasteiger partial charge is 0.479 e. The first-order valence-electron chi connectivity index (χ1n) is 27.2. The van der Waals surface area contributed by atoms with Gasteiger partial charge in [0.25, 0.3) is 0 Å². The summed E-state index contributed by atoms with van der Waals surface area (Å²) >= 11 is 0. The van der Waals surface area contributed by atoms with Crippen LogP contribution in [0.3, 0.4) is 0 Å². The van der Waals surface area contributed by atoms with E-state index in [1.54, 1.807) is 0 Å². The van der Waals surface area contributed by atoms with E-state index in [1.807, 2.05) is 30.4 Å². The third kappa shape index (κ3) is 38.2. The Bertz CT molecular complexity index is 1780. The predicted molar refractivity (Wildman–Crippen MR) is 293 cm³/mol. The van der Waals surface area contributed by atoms with E-state index in [9.17, 15) is 34.5 Å². The lowest BCUT2D eigenvalue weighted by molar-refractivity contribution is -0.301. The lowest BCUT2D eigenvalue weighted by Gasteiger charge is -2.40. The van der Waals surface area contributed by atoms with Crippen LogP contribution in [0.1, 0.15) is 175 Å². The Morgan fingerprint density at radius 1 is 0.466 bits per heavy atom. The fourth-order valence-electron chi connectivity index (χ4n) is 7.10. The minimum absolute atomic E-state index is 0.0754. The van der Waals surface area contributed by atoms with Crippen LogP contribution in [0.2, 0.25) is 0 Å². The molecule has 1 heterocycles. The van der Waals surface area contributed by atoms with Gasteiger partial charge < -0.3 is 39.0 Å². The highest BCUT2D eigenvalue weighted by Gasteiger charge is 2.50. The molecular weight excluding hydrogens is 925 g/mol. The molecule has 0 aromatic heterocycles. The molecule has 0 saturated carbocycles. The third-order valence-electron chi connectivity index (χ3n) is 11.2. The SMILES string of the molecule is CC/C=C\C/C=C\C/C=C\C/C=C\C/C=C\CCCC(=O)OCC(COC1OC(C(=O)O)C(O)C(O)C1OC(=O)CC/C=C\C/C=C\C/C=C\C/C=C\CC)OC(=O)CCCCCCC/C=C\C/C=C\CCC. The number of aliphatic hydroxyl groups is 2. The van der Waals surface area contributed by atoms with E-state index in [4.69, 9.17) is 23.7 Å². The standard InChI is InChI=1S/C61H92O12/c1-4-7-10-13-16-19-22-25-26-27-28-31-32-35-38-41-44-47-53(62)69-50-52(71-54(63)48-45-42-39-36-33-29-23-20-17-14-11-8-5-2)51-70-61-59(57(66)56(65)58(73-61)60(67)68)72-55(64)49-46-43-40-37-34-30-24-21-18-15-12-9-6-3/h7,9-12,14,16,18-21,23,25-26,28,30-31,34-35,38,40,43,52,56-59,61,65-66H,4-6,8,13,15,17,22,24,27,29,32-33,36-37,39,41-42,44-51H2,1-3H3,(H,67,68)/b10-7-,12-9-,14-11-,19-16-,21-18-,23-20-,26-25-,31-28-,34-30-,38-35-,43-40-. The summed E-state index contributed by atoms with van der Waals surface area (Å²) in [5.74, 6) is -3.35. The Balaban J connectivity index is 2.81. The molecule has 1 aliphatic rings. The van der Waals surface area contributed by atoms with Crippen molar-refractivity contribution in [3.8, 4) is 0 Å². The maximum Gasteiger partial charge on any atom is 0.335 e. The molecule has 3 N–H and O–H groups in total. The van der Waals surface area contributed by atoms with Crippen LogP contribution in [-0.2, 0) is 42.9 Å². The van der Waals surface area contributed by atoms with Crippen LogP contribution < -0.4 is 0 Å². The predicted octanol–water partition coefficient (Wildman–Crippen LogP) is 13.4. The molecule has 1 aliphatic heterocycles. The van der Waals surface area contributed by atoms with Crippen molar-refractivity contribution in [1.82, 2.24) is 0 Å². The summed E-state index contributed by atoms with van der Waals surface area (Å²) in [4.78, 5) is 50.9.